The van der Waals surface area contributed by atoms with Gasteiger partial charge in [-0.25, -0.2) is 14.6 Å². The first-order valence-electron chi connectivity index (χ1n) is 5.47. The number of H-pyrrole nitrogens is 1. The summed E-state index contributed by atoms with van der Waals surface area (Å²) in [6.45, 7) is 0. The molecule has 0 saturated heterocycles. The van der Waals surface area contributed by atoms with Gasteiger partial charge in [0.25, 0.3) is 5.56 Å². The van der Waals surface area contributed by atoms with E-state index in [2.05, 4.69) is 15.1 Å². The molecular weight excluding hydrogens is 284 g/mol. The number of hydrogen-bond donors (Lipinski definition) is 1. The average molecular weight is 293 g/mol. The summed E-state index contributed by atoms with van der Waals surface area (Å²) in [6.07, 6.45) is 3.41. The molecule has 1 aromatic carbocycles. The zero-order chi connectivity index (χ0) is 13.4. The Morgan fingerprint density at radius 1 is 1.37 bits per heavy atom. The van der Waals surface area contributed by atoms with Crippen molar-refractivity contribution in [2.24, 2.45) is 0 Å². The van der Waals surface area contributed by atoms with E-state index in [4.69, 9.17) is 11.6 Å². The zero-order valence-corrected chi connectivity index (χ0v) is 11.5. The van der Waals surface area contributed by atoms with Crippen LogP contribution in [0.2, 0.25) is 5.02 Å². The van der Waals surface area contributed by atoms with Crippen LogP contribution in [0.25, 0.3) is 16.7 Å². The van der Waals surface area contributed by atoms with Crippen LogP contribution in [0.1, 0.15) is 0 Å². The number of nitrogens with zero attached hydrogens (tertiary/aromatic N) is 3. The van der Waals surface area contributed by atoms with E-state index in [1.54, 1.807) is 12.1 Å². The summed E-state index contributed by atoms with van der Waals surface area (Å²) in [5.74, 6) is 0. The van der Waals surface area contributed by atoms with Crippen molar-refractivity contribution in [2.45, 2.75) is 5.16 Å². The van der Waals surface area contributed by atoms with Gasteiger partial charge in [0, 0.05) is 6.20 Å². The molecule has 2 aromatic heterocycles. The van der Waals surface area contributed by atoms with E-state index in [1.165, 1.54) is 22.6 Å². The van der Waals surface area contributed by atoms with Crippen molar-refractivity contribution >= 4 is 34.4 Å². The first kappa shape index (κ1) is 12.3. The first-order valence-corrected chi connectivity index (χ1v) is 7.07. The van der Waals surface area contributed by atoms with Gasteiger partial charge in [-0.1, -0.05) is 35.5 Å². The van der Waals surface area contributed by atoms with Crippen molar-refractivity contribution in [3.8, 4) is 5.69 Å². The van der Waals surface area contributed by atoms with Crippen LogP contribution in [0, 0.1) is 0 Å². The molecule has 0 saturated carbocycles. The minimum atomic E-state index is -0.212. The lowest BCUT2D eigenvalue weighted by atomic mass is 10.3. The summed E-state index contributed by atoms with van der Waals surface area (Å²) in [7, 11) is 0. The number of rotatable bonds is 2. The predicted molar refractivity (Wildman–Crippen MR) is 76.3 cm³/mol. The number of aromatic amines is 1. The van der Waals surface area contributed by atoms with Crippen molar-refractivity contribution in [3.63, 3.8) is 0 Å². The second kappa shape index (κ2) is 4.71. The van der Waals surface area contributed by atoms with Gasteiger partial charge in [-0.2, -0.15) is 0 Å². The molecule has 5 nitrogen and oxygen atoms in total. The van der Waals surface area contributed by atoms with Gasteiger partial charge in [0.05, 0.1) is 10.7 Å². The third kappa shape index (κ3) is 2.02. The summed E-state index contributed by atoms with van der Waals surface area (Å²) in [4.78, 5) is 20.6. The number of thioether (sulfide) groups is 1. The van der Waals surface area contributed by atoms with Crippen molar-refractivity contribution < 1.29 is 0 Å². The van der Waals surface area contributed by atoms with Crippen LogP contribution in [-0.4, -0.2) is 26.0 Å². The molecule has 0 aliphatic carbocycles. The normalized spacial score (nSPS) is 11.1. The molecule has 0 radical (unpaired) electrons. The minimum absolute atomic E-state index is 0.212. The predicted octanol–water partition coefficient (Wildman–Crippen LogP) is 2.48. The van der Waals surface area contributed by atoms with E-state index < -0.39 is 0 Å². The number of aromatic nitrogens is 4. The van der Waals surface area contributed by atoms with Crippen LogP contribution < -0.4 is 5.56 Å². The van der Waals surface area contributed by atoms with Crippen LogP contribution in [-0.2, 0) is 0 Å². The fraction of sp³-hybridized carbons (Fsp3) is 0.0833. The van der Waals surface area contributed by atoms with Gasteiger partial charge in [0.15, 0.2) is 10.8 Å². The third-order valence-corrected chi connectivity index (χ3v) is 3.58. The summed E-state index contributed by atoms with van der Waals surface area (Å²) >= 11 is 7.52. The highest BCUT2D eigenvalue weighted by atomic mass is 35.5. The van der Waals surface area contributed by atoms with Crippen LogP contribution in [0.15, 0.2) is 40.4 Å². The molecule has 1 N–H and O–H groups in total. The Morgan fingerprint density at radius 2 is 2.16 bits per heavy atom. The Morgan fingerprint density at radius 3 is 2.89 bits per heavy atom. The Kier molecular flexibility index (Phi) is 3.04. The molecule has 0 unspecified atom stereocenters. The Labute approximate surface area is 117 Å². The fourth-order valence-electron chi connectivity index (χ4n) is 1.79. The quantitative estimate of drug-likeness (QED) is 0.582. The molecule has 0 aliphatic rings. The SMILES string of the molecule is CSc1ncc2c(=O)n(-c3ccccc3Cl)[nH]c2n1. The maximum atomic E-state index is 12.3. The van der Waals surface area contributed by atoms with Gasteiger partial charge in [0.1, 0.15) is 5.39 Å². The largest absolute Gasteiger partial charge is 0.282 e. The summed E-state index contributed by atoms with van der Waals surface area (Å²) in [5, 5.41) is 4.50. The van der Waals surface area contributed by atoms with Gasteiger partial charge < -0.3 is 0 Å². The van der Waals surface area contributed by atoms with Crippen LogP contribution in [0.3, 0.4) is 0 Å². The summed E-state index contributed by atoms with van der Waals surface area (Å²) in [5.41, 5.74) is 0.887. The van der Waals surface area contributed by atoms with E-state index in [-0.39, 0.29) is 5.56 Å². The van der Waals surface area contributed by atoms with E-state index in [0.29, 0.717) is 26.9 Å². The molecule has 0 spiro atoms. The van der Waals surface area contributed by atoms with Gasteiger partial charge in [-0.3, -0.25) is 9.89 Å². The fourth-order valence-corrected chi connectivity index (χ4v) is 2.35. The summed E-state index contributed by atoms with van der Waals surface area (Å²) in [6, 6.07) is 7.12. The lowest BCUT2D eigenvalue weighted by Gasteiger charge is -2.02. The van der Waals surface area contributed by atoms with E-state index >= 15 is 0 Å². The number of nitrogens with one attached hydrogen (secondary N) is 1. The van der Waals surface area contributed by atoms with E-state index in [0.717, 1.165) is 0 Å². The highest BCUT2D eigenvalue weighted by Gasteiger charge is 2.12. The van der Waals surface area contributed by atoms with Crippen LogP contribution in [0.4, 0.5) is 0 Å². The molecule has 2 heterocycles. The van der Waals surface area contributed by atoms with Crippen LogP contribution in [0.5, 0.6) is 0 Å². The third-order valence-electron chi connectivity index (χ3n) is 2.69. The molecule has 3 rings (SSSR count). The molecule has 0 bridgehead atoms. The van der Waals surface area contributed by atoms with Gasteiger partial charge in [-0.05, 0) is 18.4 Å². The molecule has 3 aromatic rings. The maximum Gasteiger partial charge on any atom is 0.282 e. The minimum Gasteiger partial charge on any atom is -0.273 e. The second-order valence-corrected chi connectivity index (χ2v) is 5.00. The highest BCUT2D eigenvalue weighted by Crippen LogP contribution is 2.19. The molecular formula is C12H9ClN4OS. The monoisotopic (exact) mass is 292 g/mol. The van der Waals surface area contributed by atoms with Crippen molar-refractivity contribution in [1.82, 2.24) is 19.7 Å². The molecule has 19 heavy (non-hydrogen) atoms. The molecule has 0 atom stereocenters. The van der Waals surface area contributed by atoms with Crippen molar-refractivity contribution in [1.29, 1.82) is 0 Å². The maximum absolute atomic E-state index is 12.3. The van der Waals surface area contributed by atoms with Gasteiger partial charge in [-0.15, -0.1) is 0 Å². The zero-order valence-electron chi connectivity index (χ0n) is 9.92. The van der Waals surface area contributed by atoms with Crippen molar-refractivity contribution in [3.05, 3.63) is 45.8 Å². The Balaban J connectivity index is 2.29. The Hall–Kier alpha value is -1.79. The average Bonchev–Trinajstić information content (AvgIpc) is 2.76. The molecule has 0 fully saturated rings. The molecule has 96 valence electrons. The topological polar surface area (TPSA) is 63.6 Å². The Bertz CT molecular complexity index is 811. The highest BCUT2D eigenvalue weighted by molar-refractivity contribution is 7.98. The van der Waals surface area contributed by atoms with Gasteiger partial charge >= 0.3 is 0 Å². The van der Waals surface area contributed by atoms with Crippen molar-refractivity contribution in [2.75, 3.05) is 6.26 Å². The molecule has 0 aliphatic heterocycles. The van der Waals surface area contributed by atoms with E-state index in [9.17, 15) is 4.79 Å². The number of halogens is 1. The number of benzene rings is 1. The molecule has 7 heteroatoms. The smallest absolute Gasteiger partial charge is 0.273 e. The first-order chi connectivity index (χ1) is 9.20. The second-order valence-electron chi connectivity index (χ2n) is 3.82. The summed E-state index contributed by atoms with van der Waals surface area (Å²) < 4.78 is 1.38. The number of fused-ring (bicyclic) bond motifs is 1. The van der Waals surface area contributed by atoms with Crippen LogP contribution >= 0.6 is 23.4 Å². The molecule has 0 amide bonds. The number of para-hydroxylation sites is 1. The number of hydrogen-bond acceptors (Lipinski definition) is 4. The lowest BCUT2D eigenvalue weighted by Crippen LogP contribution is -2.14. The van der Waals surface area contributed by atoms with E-state index in [1.807, 2.05) is 18.4 Å². The van der Waals surface area contributed by atoms with Gasteiger partial charge in [0.2, 0.25) is 0 Å². The standard InChI is InChI=1S/C12H9ClN4OS/c1-19-12-14-6-7-10(15-12)16-17(11(7)18)9-5-3-2-4-8(9)13/h2-6H,1H3,(H,14,15,16). The lowest BCUT2D eigenvalue weighted by molar-refractivity contribution is 0.854.